The lowest BCUT2D eigenvalue weighted by atomic mass is 9.90. The Morgan fingerprint density at radius 2 is 2.14 bits per heavy atom. The van der Waals surface area contributed by atoms with Crippen LogP contribution >= 0.6 is 0 Å². The van der Waals surface area contributed by atoms with Crippen LogP contribution in [0.4, 0.5) is 5.82 Å². The Hall–Kier alpha value is -3.33. The van der Waals surface area contributed by atoms with Gasteiger partial charge in [-0.3, -0.25) is 4.79 Å². The number of carbonyl (C=O) groups excluding carboxylic acids is 1. The summed E-state index contributed by atoms with van der Waals surface area (Å²) in [5.74, 6) is 0.678. The maximum atomic E-state index is 12.6. The van der Waals surface area contributed by atoms with Gasteiger partial charge in [-0.1, -0.05) is 12.1 Å². The van der Waals surface area contributed by atoms with E-state index in [1.165, 1.54) is 0 Å². The minimum atomic E-state index is 0.182. The van der Waals surface area contributed by atoms with Crippen LogP contribution in [0.25, 0.3) is 22.0 Å². The fourth-order valence-electron chi connectivity index (χ4n) is 4.21. The quantitative estimate of drug-likeness (QED) is 0.750. The number of aryl methyl sites for hydroxylation is 1. The first-order chi connectivity index (χ1) is 13.6. The Balaban J connectivity index is 1.69. The van der Waals surface area contributed by atoms with E-state index in [0.29, 0.717) is 25.1 Å². The minimum absolute atomic E-state index is 0.182. The number of hydrogen-bond donors (Lipinski definition) is 1. The number of nitrogen functional groups attached to an aromatic ring is 1. The molecule has 2 aliphatic rings. The van der Waals surface area contributed by atoms with E-state index in [1.807, 2.05) is 24.2 Å². The monoisotopic (exact) mass is 371 g/mol. The van der Waals surface area contributed by atoms with Crippen molar-refractivity contribution in [3.05, 3.63) is 47.3 Å². The Morgan fingerprint density at radius 3 is 2.89 bits per heavy atom. The summed E-state index contributed by atoms with van der Waals surface area (Å²) in [6.45, 7) is 1.16. The molecule has 1 aromatic carbocycles. The zero-order chi connectivity index (χ0) is 19.4. The summed E-state index contributed by atoms with van der Waals surface area (Å²) in [6.07, 6.45) is 4.67. The SMILES string of the molecule is Cn1ccc2ccc(-c3c(C#N)c(N)nc4c3CN(C(=O)C3CC3)CC4)cc21. The molecular weight excluding hydrogens is 350 g/mol. The van der Waals surface area contributed by atoms with Gasteiger partial charge in [0.1, 0.15) is 17.5 Å². The molecular formula is C22H21N5O. The first-order valence-corrected chi connectivity index (χ1v) is 9.62. The number of hydrogen-bond acceptors (Lipinski definition) is 4. The number of fused-ring (bicyclic) bond motifs is 2. The third-order valence-corrected chi connectivity index (χ3v) is 5.91. The van der Waals surface area contributed by atoms with Crippen molar-refractivity contribution in [3.8, 4) is 17.2 Å². The molecule has 6 heteroatoms. The van der Waals surface area contributed by atoms with Gasteiger partial charge in [-0.05, 0) is 35.9 Å². The van der Waals surface area contributed by atoms with Crippen molar-refractivity contribution in [1.29, 1.82) is 5.26 Å². The van der Waals surface area contributed by atoms with Crippen molar-refractivity contribution in [2.45, 2.75) is 25.8 Å². The highest BCUT2D eigenvalue weighted by molar-refractivity contribution is 5.89. The maximum absolute atomic E-state index is 12.6. The number of pyridine rings is 1. The van der Waals surface area contributed by atoms with E-state index in [4.69, 9.17) is 5.73 Å². The highest BCUT2D eigenvalue weighted by Crippen LogP contribution is 2.38. The molecule has 0 unspecified atom stereocenters. The Morgan fingerprint density at radius 1 is 1.32 bits per heavy atom. The summed E-state index contributed by atoms with van der Waals surface area (Å²) in [5, 5.41) is 11.0. The molecule has 1 amide bonds. The third-order valence-electron chi connectivity index (χ3n) is 5.91. The molecule has 1 saturated carbocycles. The molecule has 1 fully saturated rings. The van der Waals surface area contributed by atoms with Gasteiger partial charge in [0, 0.05) is 55.3 Å². The molecule has 3 aromatic rings. The molecule has 5 rings (SSSR count). The molecule has 0 atom stereocenters. The largest absolute Gasteiger partial charge is 0.383 e. The molecule has 0 saturated heterocycles. The number of nitriles is 1. The summed E-state index contributed by atoms with van der Waals surface area (Å²) in [6, 6.07) is 10.5. The van der Waals surface area contributed by atoms with E-state index in [1.54, 1.807) is 0 Å². The van der Waals surface area contributed by atoms with Crippen molar-refractivity contribution in [1.82, 2.24) is 14.5 Å². The van der Waals surface area contributed by atoms with Gasteiger partial charge in [0.2, 0.25) is 5.91 Å². The van der Waals surface area contributed by atoms with Crippen LogP contribution in [-0.2, 0) is 24.8 Å². The highest BCUT2D eigenvalue weighted by Gasteiger charge is 2.36. The van der Waals surface area contributed by atoms with Crippen LogP contribution in [0, 0.1) is 17.2 Å². The predicted octanol–water partition coefficient (Wildman–Crippen LogP) is 2.99. The van der Waals surface area contributed by atoms with E-state index >= 15 is 0 Å². The van der Waals surface area contributed by atoms with Crippen molar-refractivity contribution < 1.29 is 4.79 Å². The van der Waals surface area contributed by atoms with Crippen LogP contribution in [0.15, 0.2) is 30.5 Å². The van der Waals surface area contributed by atoms with Crippen LogP contribution in [-0.4, -0.2) is 26.9 Å². The van der Waals surface area contributed by atoms with Gasteiger partial charge in [-0.15, -0.1) is 0 Å². The number of benzene rings is 1. The standard InChI is InChI=1S/C22H21N5O/c1-26-8-6-13-2-5-15(10-19(13)26)20-16(11-23)21(24)25-18-7-9-27(12-17(18)20)22(28)14-3-4-14/h2,5-6,8,10,14H,3-4,7,9,12H2,1H3,(H2,24,25). The molecule has 2 aromatic heterocycles. The average Bonchev–Trinajstić information content (AvgIpc) is 3.49. The van der Waals surface area contributed by atoms with Gasteiger partial charge in [0.25, 0.3) is 0 Å². The number of rotatable bonds is 2. The van der Waals surface area contributed by atoms with Crippen molar-refractivity contribution in [2.75, 3.05) is 12.3 Å². The van der Waals surface area contributed by atoms with Gasteiger partial charge in [0.05, 0.1) is 5.69 Å². The van der Waals surface area contributed by atoms with Gasteiger partial charge in [0.15, 0.2) is 0 Å². The van der Waals surface area contributed by atoms with Gasteiger partial charge in [-0.25, -0.2) is 4.98 Å². The molecule has 2 N–H and O–H groups in total. The molecule has 1 aliphatic heterocycles. The van der Waals surface area contributed by atoms with Crippen LogP contribution in [0.5, 0.6) is 0 Å². The van der Waals surface area contributed by atoms with E-state index < -0.39 is 0 Å². The number of nitrogens with zero attached hydrogens (tertiary/aromatic N) is 4. The Kier molecular flexibility index (Phi) is 3.66. The fraction of sp³-hybridized carbons (Fsp3) is 0.318. The van der Waals surface area contributed by atoms with E-state index in [0.717, 1.165) is 46.1 Å². The molecule has 0 radical (unpaired) electrons. The number of amides is 1. The van der Waals surface area contributed by atoms with Crippen LogP contribution in [0.3, 0.4) is 0 Å². The summed E-state index contributed by atoms with van der Waals surface area (Å²) < 4.78 is 2.06. The second-order valence-electron chi connectivity index (χ2n) is 7.77. The highest BCUT2D eigenvalue weighted by atomic mass is 16.2. The smallest absolute Gasteiger partial charge is 0.225 e. The number of aromatic nitrogens is 2. The summed E-state index contributed by atoms with van der Waals surface area (Å²) in [5.41, 5.74) is 11.3. The van der Waals surface area contributed by atoms with Crippen LogP contribution in [0.2, 0.25) is 0 Å². The summed E-state index contributed by atoms with van der Waals surface area (Å²) in [4.78, 5) is 19.1. The minimum Gasteiger partial charge on any atom is -0.383 e. The fourth-order valence-corrected chi connectivity index (χ4v) is 4.21. The van der Waals surface area contributed by atoms with Crippen molar-refractivity contribution in [3.63, 3.8) is 0 Å². The first kappa shape index (κ1) is 16.8. The Bertz CT molecular complexity index is 1170. The van der Waals surface area contributed by atoms with Gasteiger partial charge in [-0.2, -0.15) is 5.26 Å². The molecule has 140 valence electrons. The molecule has 28 heavy (non-hydrogen) atoms. The number of carbonyl (C=O) groups is 1. The van der Waals surface area contributed by atoms with E-state index in [9.17, 15) is 10.1 Å². The lowest BCUT2D eigenvalue weighted by Gasteiger charge is -2.30. The average molecular weight is 371 g/mol. The zero-order valence-corrected chi connectivity index (χ0v) is 15.8. The van der Waals surface area contributed by atoms with Crippen LogP contribution < -0.4 is 5.73 Å². The van der Waals surface area contributed by atoms with Gasteiger partial charge < -0.3 is 15.2 Å². The lowest BCUT2D eigenvalue weighted by molar-refractivity contribution is -0.133. The first-order valence-electron chi connectivity index (χ1n) is 9.62. The molecule has 3 heterocycles. The predicted molar refractivity (Wildman–Crippen MR) is 107 cm³/mol. The molecule has 1 aliphatic carbocycles. The lowest BCUT2D eigenvalue weighted by Crippen LogP contribution is -2.37. The molecule has 0 spiro atoms. The van der Waals surface area contributed by atoms with Gasteiger partial charge >= 0.3 is 0 Å². The maximum Gasteiger partial charge on any atom is 0.225 e. The summed E-state index contributed by atoms with van der Waals surface area (Å²) >= 11 is 0. The normalized spacial score (nSPS) is 16.1. The Labute approximate surface area is 163 Å². The third kappa shape index (κ3) is 2.55. The topological polar surface area (TPSA) is 87.9 Å². The van der Waals surface area contributed by atoms with Crippen molar-refractivity contribution >= 4 is 22.6 Å². The number of anilines is 1. The van der Waals surface area contributed by atoms with E-state index in [2.05, 4.69) is 33.8 Å². The van der Waals surface area contributed by atoms with Crippen molar-refractivity contribution in [2.24, 2.45) is 13.0 Å². The van der Waals surface area contributed by atoms with Crippen LogP contribution in [0.1, 0.15) is 29.7 Å². The molecule has 6 nitrogen and oxygen atoms in total. The number of nitrogens with two attached hydrogens (primary N) is 1. The zero-order valence-electron chi connectivity index (χ0n) is 15.8. The molecule has 0 bridgehead atoms. The second-order valence-corrected chi connectivity index (χ2v) is 7.77. The van der Waals surface area contributed by atoms with E-state index in [-0.39, 0.29) is 17.6 Å². The second kappa shape index (κ2) is 6.10. The summed E-state index contributed by atoms with van der Waals surface area (Å²) in [7, 11) is 2.00.